The first-order chi connectivity index (χ1) is 20.1. The molecular weight excluding hydrogens is 512 g/mol. The van der Waals surface area contributed by atoms with E-state index >= 15 is 0 Å². The van der Waals surface area contributed by atoms with E-state index in [1.165, 1.54) is 11.3 Å². The molecule has 9 heteroatoms. The fourth-order valence-electron chi connectivity index (χ4n) is 5.66. The number of anilines is 3. The fourth-order valence-corrected chi connectivity index (χ4v) is 5.66. The monoisotopic (exact) mass is 544 g/mol. The third-order valence-corrected chi connectivity index (χ3v) is 8.06. The van der Waals surface area contributed by atoms with Crippen LogP contribution in [0.25, 0.3) is 22.2 Å². The summed E-state index contributed by atoms with van der Waals surface area (Å²) in [5.74, 6) is 0.928. The molecule has 0 radical (unpaired) electrons. The Hall–Kier alpha value is -4.63. The Morgan fingerprint density at radius 1 is 0.951 bits per heavy atom. The summed E-state index contributed by atoms with van der Waals surface area (Å²) in [6, 6.07) is 18.2. The van der Waals surface area contributed by atoms with Gasteiger partial charge in [-0.2, -0.15) is 15.2 Å². The highest BCUT2D eigenvalue weighted by atomic mass is 16.1. The average molecular weight is 545 g/mol. The lowest BCUT2D eigenvalue weighted by Crippen LogP contribution is -2.43. The second kappa shape index (κ2) is 10.7. The summed E-state index contributed by atoms with van der Waals surface area (Å²) in [6.07, 6.45) is 7.71. The summed E-state index contributed by atoms with van der Waals surface area (Å²) in [5, 5.41) is 15.8. The second-order valence-electron chi connectivity index (χ2n) is 10.9. The quantitative estimate of drug-likeness (QED) is 0.306. The Morgan fingerprint density at radius 3 is 2.51 bits per heavy atom. The molecule has 9 nitrogen and oxygen atoms in total. The number of rotatable bonds is 7. The topological polar surface area (TPSA) is 101 Å². The molecule has 2 fully saturated rings. The summed E-state index contributed by atoms with van der Waals surface area (Å²) in [5.41, 5.74) is 7.35. The SMILES string of the molecule is Cc1ccccc1-c1cc2cnc(Nc3ccc(N4CCNCC4)cc3)nc2n(Cc2cnncc2C2CC2)c1=O. The molecule has 1 saturated heterocycles. The van der Waals surface area contributed by atoms with Gasteiger partial charge in [-0.25, -0.2) is 4.98 Å². The molecule has 0 bridgehead atoms. The Labute approximate surface area is 238 Å². The van der Waals surface area contributed by atoms with Gasteiger partial charge in [-0.05, 0) is 78.3 Å². The van der Waals surface area contributed by atoms with Crippen LogP contribution in [0.2, 0.25) is 0 Å². The summed E-state index contributed by atoms with van der Waals surface area (Å²) in [7, 11) is 0. The lowest BCUT2D eigenvalue weighted by Gasteiger charge is -2.29. The van der Waals surface area contributed by atoms with Crippen LogP contribution in [-0.4, -0.2) is 50.9 Å². The largest absolute Gasteiger partial charge is 0.369 e. The number of hydrogen-bond donors (Lipinski definition) is 2. The molecule has 0 atom stereocenters. The molecule has 4 heterocycles. The van der Waals surface area contributed by atoms with Crippen molar-refractivity contribution in [1.29, 1.82) is 0 Å². The van der Waals surface area contributed by atoms with Gasteiger partial charge in [0.05, 0.1) is 18.9 Å². The zero-order chi connectivity index (χ0) is 27.8. The summed E-state index contributed by atoms with van der Waals surface area (Å²) in [4.78, 5) is 26.0. The number of piperazine rings is 1. The third kappa shape index (κ3) is 5.16. The predicted molar refractivity (Wildman–Crippen MR) is 162 cm³/mol. The molecule has 1 saturated carbocycles. The normalized spacial score (nSPS) is 15.3. The van der Waals surface area contributed by atoms with Crippen LogP contribution < -0.4 is 21.1 Å². The zero-order valence-electron chi connectivity index (χ0n) is 23.0. The molecule has 7 rings (SSSR count). The highest BCUT2D eigenvalue weighted by Gasteiger charge is 2.27. The molecule has 2 N–H and O–H groups in total. The van der Waals surface area contributed by atoms with Gasteiger partial charge in [0.2, 0.25) is 5.95 Å². The summed E-state index contributed by atoms with van der Waals surface area (Å²) >= 11 is 0. The van der Waals surface area contributed by atoms with Crippen LogP contribution in [-0.2, 0) is 6.54 Å². The molecule has 2 aromatic carbocycles. The van der Waals surface area contributed by atoms with Crippen molar-refractivity contribution in [3.05, 3.63) is 100 Å². The van der Waals surface area contributed by atoms with Crippen molar-refractivity contribution in [2.24, 2.45) is 0 Å². The minimum absolute atomic E-state index is 0.0876. The smallest absolute Gasteiger partial charge is 0.260 e. The van der Waals surface area contributed by atoms with E-state index in [1.807, 2.05) is 55.6 Å². The highest BCUT2D eigenvalue weighted by Crippen LogP contribution is 2.41. The summed E-state index contributed by atoms with van der Waals surface area (Å²) < 4.78 is 1.76. The first kappa shape index (κ1) is 25.3. The fraction of sp³-hybridized carbons (Fsp3) is 0.281. The van der Waals surface area contributed by atoms with E-state index in [0.29, 0.717) is 29.6 Å². The van der Waals surface area contributed by atoms with Gasteiger partial charge in [0, 0.05) is 54.7 Å². The van der Waals surface area contributed by atoms with Crippen LogP contribution in [0.15, 0.2) is 78.0 Å². The van der Waals surface area contributed by atoms with E-state index in [1.54, 1.807) is 17.0 Å². The lowest BCUT2D eigenvalue weighted by atomic mass is 10.0. The second-order valence-corrected chi connectivity index (χ2v) is 10.9. The van der Waals surface area contributed by atoms with E-state index in [-0.39, 0.29) is 5.56 Å². The highest BCUT2D eigenvalue weighted by molar-refractivity contribution is 5.82. The Kier molecular flexibility index (Phi) is 6.64. The van der Waals surface area contributed by atoms with Gasteiger partial charge in [0.25, 0.3) is 5.56 Å². The van der Waals surface area contributed by atoms with Crippen molar-refractivity contribution >= 4 is 28.4 Å². The summed E-state index contributed by atoms with van der Waals surface area (Å²) in [6.45, 7) is 6.38. The van der Waals surface area contributed by atoms with Crippen molar-refractivity contribution in [2.75, 3.05) is 36.4 Å². The van der Waals surface area contributed by atoms with Gasteiger partial charge in [-0.15, -0.1) is 0 Å². The maximum absolute atomic E-state index is 14.1. The van der Waals surface area contributed by atoms with Gasteiger partial charge in [-0.1, -0.05) is 24.3 Å². The van der Waals surface area contributed by atoms with Gasteiger partial charge < -0.3 is 15.5 Å². The number of fused-ring (bicyclic) bond motifs is 1. The molecule has 3 aromatic heterocycles. The molecule has 41 heavy (non-hydrogen) atoms. The first-order valence-electron chi connectivity index (χ1n) is 14.2. The minimum Gasteiger partial charge on any atom is -0.369 e. The minimum atomic E-state index is -0.0876. The van der Waals surface area contributed by atoms with Crippen molar-refractivity contribution in [2.45, 2.75) is 32.2 Å². The molecule has 5 aromatic rings. The maximum Gasteiger partial charge on any atom is 0.260 e. The Balaban J connectivity index is 1.28. The van der Waals surface area contributed by atoms with E-state index in [4.69, 9.17) is 4.98 Å². The molecule has 1 aliphatic carbocycles. The molecular formula is C32H32N8O. The number of pyridine rings is 1. The third-order valence-electron chi connectivity index (χ3n) is 8.06. The first-order valence-corrected chi connectivity index (χ1v) is 14.2. The predicted octanol–water partition coefficient (Wildman–Crippen LogP) is 4.64. The van der Waals surface area contributed by atoms with Gasteiger partial charge >= 0.3 is 0 Å². The van der Waals surface area contributed by atoms with E-state index < -0.39 is 0 Å². The maximum atomic E-state index is 14.1. The zero-order valence-corrected chi connectivity index (χ0v) is 23.0. The van der Waals surface area contributed by atoms with Crippen molar-refractivity contribution < 1.29 is 0 Å². The lowest BCUT2D eigenvalue weighted by molar-refractivity contribution is 0.589. The van der Waals surface area contributed by atoms with Crippen molar-refractivity contribution in [3.8, 4) is 11.1 Å². The molecule has 2 aliphatic rings. The molecule has 206 valence electrons. The van der Waals surface area contributed by atoms with E-state index in [2.05, 4.69) is 42.8 Å². The Morgan fingerprint density at radius 2 is 1.73 bits per heavy atom. The van der Waals surface area contributed by atoms with Crippen molar-refractivity contribution in [1.82, 2.24) is 30.0 Å². The number of aryl methyl sites for hydroxylation is 1. The molecule has 0 unspecified atom stereocenters. The van der Waals surface area contributed by atoms with E-state index in [0.717, 1.165) is 66.8 Å². The number of nitrogens with zero attached hydrogens (tertiary/aromatic N) is 6. The van der Waals surface area contributed by atoms with Crippen molar-refractivity contribution in [3.63, 3.8) is 0 Å². The van der Waals surface area contributed by atoms with Crippen LogP contribution in [0.5, 0.6) is 0 Å². The molecule has 0 spiro atoms. The molecule has 0 amide bonds. The van der Waals surface area contributed by atoms with Crippen LogP contribution in [0.3, 0.4) is 0 Å². The van der Waals surface area contributed by atoms with Crippen LogP contribution in [0.4, 0.5) is 17.3 Å². The number of benzene rings is 2. The Bertz CT molecular complexity index is 1770. The van der Waals surface area contributed by atoms with Gasteiger partial charge in [0.1, 0.15) is 5.65 Å². The number of nitrogens with one attached hydrogen (secondary N) is 2. The van der Waals surface area contributed by atoms with Crippen LogP contribution >= 0.6 is 0 Å². The standard InChI is InChI=1S/C32H32N8O/c1-21-4-2-3-5-27(21)28-16-23-17-34-32(37-25-8-10-26(11-9-25)39-14-12-33-13-15-39)38-30(23)40(31(28)41)20-24-18-35-36-19-29(24)22-6-7-22/h2-5,8-11,16-19,22,33H,6-7,12-15,20H2,1H3,(H,34,37,38). The molecule has 1 aliphatic heterocycles. The number of aromatic nitrogens is 5. The van der Waals surface area contributed by atoms with E-state index in [9.17, 15) is 4.79 Å². The average Bonchev–Trinajstić information content (AvgIpc) is 3.86. The van der Waals surface area contributed by atoms with Crippen LogP contribution in [0, 0.1) is 6.92 Å². The van der Waals surface area contributed by atoms with Gasteiger partial charge in [0.15, 0.2) is 0 Å². The van der Waals surface area contributed by atoms with Crippen LogP contribution in [0.1, 0.15) is 35.4 Å². The number of hydrogen-bond acceptors (Lipinski definition) is 8. The van der Waals surface area contributed by atoms with Gasteiger partial charge in [-0.3, -0.25) is 9.36 Å².